The zero-order chi connectivity index (χ0) is 13.0. The molecule has 0 aliphatic heterocycles. The number of nitrogens with one attached hydrogen (secondary N) is 1. The highest BCUT2D eigenvalue weighted by Gasteiger charge is 2.13. The van der Waals surface area contributed by atoms with Gasteiger partial charge in [0.15, 0.2) is 0 Å². The highest BCUT2D eigenvalue weighted by molar-refractivity contribution is 9.10. The molecule has 2 nitrogen and oxygen atoms in total. The summed E-state index contributed by atoms with van der Waals surface area (Å²) in [5, 5.41) is 0. The number of hydrogen-bond donors (Lipinski definition) is 2. The Balaban J connectivity index is 2.23. The highest BCUT2D eigenvalue weighted by atomic mass is 79.9. The van der Waals surface area contributed by atoms with Crippen molar-refractivity contribution >= 4 is 15.9 Å². The molecule has 0 aliphatic carbocycles. The second-order valence-corrected chi connectivity index (χ2v) is 4.99. The van der Waals surface area contributed by atoms with Gasteiger partial charge in [-0.25, -0.2) is 4.39 Å². The van der Waals surface area contributed by atoms with E-state index < -0.39 is 0 Å². The molecule has 2 rings (SSSR count). The molecule has 1 atom stereocenters. The zero-order valence-corrected chi connectivity index (χ0v) is 11.3. The quantitative estimate of drug-likeness (QED) is 0.671. The first-order valence-corrected chi connectivity index (χ1v) is 6.45. The summed E-state index contributed by atoms with van der Waals surface area (Å²) in [7, 11) is 0. The fourth-order valence-corrected chi connectivity index (χ4v) is 2.30. The summed E-state index contributed by atoms with van der Waals surface area (Å²) < 4.78 is 14.6. The molecule has 94 valence electrons. The minimum atomic E-state index is -0.201. The van der Waals surface area contributed by atoms with Crippen LogP contribution in [0.1, 0.15) is 17.2 Å². The lowest BCUT2D eigenvalue weighted by Crippen LogP contribution is -2.29. The van der Waals surface area contributed by atoms with Gasteiger partial charge in [0, 0.05) is 4.47 Å². The van der Waals surface area contributed by atoms with Gasteiger partial charge in [0.25, 0.3) is 0 Å². The van der Waals surface area contributed by atoms with Crippen LogP contribution in [0, 0.1) is 5.82 Å². The number of halogens is 2. The van der Waals surface area contributed by atoms with E-state index in [1.54, 1.807) is 12.1 Å². The average Bonchev–Trinajstić information content (AvgIpc) is 2.38. The smallest absolute Gasteiger partial charge is 0.126 e. The minimum Gasteiger partial charge on any atom is -0.271 e. The second kappa shape index (κ2) is 6.09. The van der Waals surface area contributed by atoms with E-state index in [4.69, 9.17) is 5.84 Å². The first-order chi connectivity index (χ1) is 8.70. The van der Waals surface area contributed by atoms with E-state index >= 15 is 0 Å². The van der Waals surface area contributed by atoms with E-state index in [9.17, 15) is 4.39 Å². The van der Waals surface area contributed by atoms with Crippen LogP contribution in [-0.2, 0) is 6.42 Å². The molecule has 0 bridgehead atoms. The van der Waals surface area contributed by atoms with Crippen molar-refractivity contribution in [3.8, 4) is 0 Å². The Morgan fingerprint density at radius 1 is 1.17 bits per heavy atom. The Morgan fingerprint density at radius 3 is 2.61 bits per heavy atom. The summed E-state index contributed by atoms with van der Waals surface area (Å²) in [5.41, 5.74) is 4.41. The Kier molecular flexibility index (Phi) is 4.47. The molecule has 4 heteroatoms. The third-order valence-corrected chi connectivity index (χ3v) is 3.33. The van der Waals surface area contributed by atoms with Gasteiger partial charge < -0.3 is 0 Å². The van der Waals surface area contributed by atoms with Gasteiger partial charge in [0.05, 0.1) is 6.04 Å². The second-order valence-electron chi connectivity index (χ2n) is 4.07. The molecule has 2 aromatic carbocycles. The van der Waals surface area contributed by atoms with E-state index in [1.807, 2.05) is 30.3 Å². The lowest BCUT2D eigenvalue weighted by Gasteiger charge is -2.17. The molecule has 18 heavy (non-hydrogen) atoms. The number of rotatable bonds is 4. The standard InChI is InChI=1S/C14H14BrFN2/c15-12-6-3-5-11(8-12)14(18-17)9-10-4-1-2-7-13(10)16/h1-8,14,18H,9,17H2. The first-order valence-electron chi connectivity index (χ1n) is 5.65. The first kappa shape index (κ1) is 13.2. The summed E-state index contributed by atoms with van der Waals surface area (Å²) >= 11 is 3.42. The lowest BCUT2D eigenvalue weighted by molar-refractivity contribution is 0.529. The Morgan fingerprint density at radius 2 is 1.94 bits per heavy atom. The van der Waals surface area contributed by atoms with E-state index in [-0.39, 0.29) is 11.9 Å². The van der Waals surface area contributed by atoms with E-state index in [0.29, 0.717) is 12.0 Å². The summed E-state index contributed by atoms with van der Waals surface area (Å²) in [4.78, 5) is 0. The van der Waals surface area contributed by atoms with Gasteiger partial charge in [-0.05, 0) is 35.7 Å². The monoisotopic (exact) mass is 308 g/mol. The van der Waals surface area contributed by atoms with Gasteiger partial charge in [-0.15, -0.1) is 0 Å². The molecule has 0 aliphatic rings. The van der Waals surface area contributed by atoms with Gasteiger partial charge in [-0.3, -0.25) is 11.3 Å². The molecule has 2 aromatic rings. The summed E-state index contributed by atoms with van der Waals surface area (Å²) in [6.07, 6.45) is 0.514. The topological polar surface area (TPSA) is 38.0 Å². The van der Waals surface area contributed by atoms with Crippen molar-refractivity contribution in [2.45, 2.75) is 12.5 Å². The van der Waals surface area contributed by atoms with Crippen LogP contribution in [0.4, 0.5) is 4.39 Å². The van der Waals surface area contributed by atoms with Crippen LogP contribution >= 0.6 is 15.9 Å². The fourth-order valence-electron chi connectivity index (χ4n) is 1.88. The Bertz CT molecular complexity index is 531. The van der Waals surface area contributed by atoms with Crippen molar-refractivity contribution in [2.24, 2.45) is 5.84 Å². The number of nitrogens with two attached hydrogens (primary N) is 1. The van der Waals surface area contributed by atoms with Crippen LogP contribution in [0.25, 0.3) is 0 Å². The molecule has 0 heterocycles. The van der Waals surface area contributed by atoms with Crippen LogP contribution in [0.15, 0.2) is 53.0 Å². The largest absolute Gasteiger partial charge is 0.271 e. The van der Waals surface area contributed by atoms with Gasteiger partial charge in [0.2, 0.25) is 0 Å². The predicted molar refractivity (Wildman–Crippen MR) is 74.3 cm³/mol. The fraction of sp³-hybridized carbons (Fsp3) is 0.143. The van der Waals surface area contributed by atoms with E-state index in [2.05, 4.69) is 21.4 Å². The van der Waals surface area contributed by atoms with Gasteiger partial charge in [-0.2, -0.15) is 0 Å². The summed E-state index contributed by atoms with van der Waals surface area (Å²) in [5.74, 6) is 5.36. The van der Waals surface area contributed by atoms with Crippen LogP contribution in [0.5, 0.6) is 0 Å². The summed E-state index contributed by atoms with van der Waals surface area (Å²) in [6.45, 7) is 0. The minimum absolute atomic E-state index is 0.112. The molecule has 1 unspecified atom stereocenters. The number of benzene rings is 2. The molecule has 0 saturated heterocycles. The van der Waals surface area contributed by atoms with Gasteiger partial charge >= 0.3 is 0 Å². The average molecular weight is 309 g/mol. The predicted octanol–water partition coefficient (Wildman–Crippen LogP) is 3.34. The molecule has 3 N–H and O–H groups in total. The van der Waals surface area contributed by atoms with Crippen molar-refractivity contribution in [2.75, 3.05) is 0 Å². The summed E-state index contributed by atoms with van der Waals surface area (Å²) in [6, 6.07) is 14.5. The van der Waals surface area contributed by atoms with Crippen LogP contribution in [0.3, 0.4) is 0 Å². The molecular formula is C14H14BrFN2. The third-order valence-electron chi connectivity index (χ3n) is 2.83. The number of hydrazine groups is 1. The Hall–Kier alpha value is -1.23. The van der Waals surface area contributed by atoms with Crippen LogP contribution in [-0.4, -0.2) is 0 Å². The van der Waals surface area contributed by atoms with E-state index in [1.165, 1.54) is 6.07 Å². The Labute approximate surface area is 114 Å². The SMILES string of the molecule is NNC(Cc1ccccc1F)c1cccc(Br)c1. The maximum atomic E-state index is 13.6. The highest BCUT2D eigenvalue weighted by Crippen LogP contribution is 2.22. The molecule has 0 aromatic heterocycles. The zero-order valence-electron chi connectivity index (χ0n) is 9.74. The lowest BCUT2D eigenvalue weighted by atomic mass is 9.99. The molecule has 0 spiro atoms. The molecule has 0 radical (unpaired) electrons. The van der Waals surface area contributed by atoms with Crippen molar-refractivity contribution < 1.29 is 4.39 Å². The molecule has 0 saturated carbocycles. The third kappa shape index (κ3) is 3.16. The van der Waals surface area contributed by atoms with E-state index in [0.717, 1.165) is 10.0 Å². The molecular weight excluding hydrogens is 295 g/mol. The van der Waals surface area contributed by atoms with Crippen molar-refractivity contribution in [3.63, 3.8) is 0 Å². The maximum absolute atomic E-state index is 13.6. The molecule has 0 fully saturated rings. The van der Waals surface area contributed by atoms with Gasteiger partial charge in [-0.1, -0.05) is 46.3 Å². The van der Waals surface area contributed by atoms with Crippen LogP contribution in [0.2, 0.25) is 0 Å². The van der Waals surface area contributed by atoms with Crippen molar-refractivity contribution in [1.82, 2.24) is 5.43 Å². The van der Waals surface area contributed by atoms with Gasteiger partial charge in [0.1, 0.15) is 5.82 Å². The van der Waals surface area contributed by atoms with Crippen molar-refractivity contribution in [1.29, 1.82) is 0 Å². The van der Waals surface area contributed by atoms with Crippen molar-refractivity contribution in [3.05, 3.63) is 69.9 Å². The molecule has 0 amide bonds. The van der Waals surface area contributed by atoms with Crippen LogP contribution < -0.4 is 11.3 Å². The maximum Gasteiger partial charge on any atom is 0.126 e. The number of hydrogen-bond acceptors (Lipinski definition) is 2. The normalized spacial score (nSPS) is 12.4.